The van der Waals surface area contributed by atoms with Gasteiger partial charge in [-0.3, -0.25) is 0 Å². The number of carbonyl (C=O) groups is 1. The van der Waals surface area contributed by atoms with E-state index in [-0.39, 0.29) is 5.56 Å². The highest BCUT2D eigenvalue weighted by Crippen LogP contribution is 2.25. The van der Waals surface area contributed by atoms with Crippen LogP contribution in [0.2, 0.25) is 0 Å². The van der Waals surface area contributed by atoms with Gasteiger partial charge < -0.3 is 10.4 Å². The van der Waals surface area contributed by atoms with E-state index < -0.39 is 5.97 Å². The number of aryl methyl sites for hydroxylation is 2. The van der Waals surface area contributed by atoms with Gasteiger partial charge in [0.25, 0.3) is 0 Å². The molecule has 0 aliphatic heterocycles. The van der Waals surface area contributed by atoms with E-state index in [9.17, 15) is 4.79 Å². The monoisotopic (exact) mass is 255 g/mol. The summed E-state index contributed by atoms with van der Waals surface area (Å²) in [7, 11) is 0. The molecule has 0 aliphatic rings. The summed E-state index contributed by atoms with van der Waals surface area (Å²) >= 11 is 0. The first kappa shape index (κ1) is 13.1. The van der Waals surface area contributed by atoms with E-state index in [0.29, 0.717) is 0 Å². The van der Waals surface area contributed by atoms with Gasteiger partial charge in [-0.05, 0) is 42.7 Å². The summed E-state index contributed by atoms with van der Waals surface area (Å²) in [6, 6.07) is 13.0. The van der Waals surface area contributed by atoms with Crippen molar-refractivity contribution in [3.8, 4) is 0 Å². The third-order valence-corrected chi connectivity index (χ3v) is 3.12. The number of rotatable bonds is 4. The molecule has 0 radical (unpaired) electrons. The van der Waals surface area contributed by atoms with Gasteiger partial charge >= 0.3 is 5.97 Å². The van der Waals surface area contributed by atoms with Crippen molar-refractivity contribution in [1.82, 2.24) is 0 Å². The van der Waals surface area contributed by atoms with Crippen molar-refractivity contribution in [3.05, 3.63) is 59.2 Å². The number of anilines is 2. The molecule has 3 heteroatoms. The van der Waals surface area contributed by atoms with E-state index in [1.807, 2.05) is 25.1 Å². The van der Waals surface area contributed by atoms with Crippen molar-refractivity contribution < 1.29 is 9.90 Å². The number of hydrogen-bond donors (Lipinski definition) is 2. The van der Waals surface area contributed by atoms with Crippen LogP contribution < -0.4 is 5.32 Å². The van der Waals surface area contributed by atoms with Gasteiger partial charge in [0.2, 0.25) is 0 Å². The van der Waals surface area contributed by atoms with Gasteiger partial charge in [0.1, 0.15) is 0 Å². The SMILES string of the molecule is CCc1cccc(C)c1Nc1cccc(C(=O)O)c1. The molecule has 0 heterocycles. The Morgan fingerprint density at radius 3 is 2.63 bits per heavy atom. The summed E-state index contributed by atoms with van der Waals surface area (Å²) in [5, 5.41) is 12.3. The molecule has 19 heavy (non-hydrogen) atoms. The Kier molecular flexibility index (Phi) is 3.85. The zero-order valence-electron chi connectivity index (χ0n) is 11.1. The maximum Gasteiger partial charge on any atom is 0.335 e. The molecule has 0 unspecified atom stereocenters. The van der Waals surface area contributed by atoms with Crippen LogP contribution in [0.4, 0.5) is 11.4 Å². The second-order valence-electron chi connectivity index (χ2n) is 4.47. The van der Waals surface area contributed by atoms with Crippen molar-refractivity contribution in [2.75, 3.05) is 5.32 Å². The highest BCUT2D eigenvalue weighted by atomic mass is 16.4. The van der Waals surface area contributed by atoms with E-state index >= 15 is 0 Å². The van der Waals surface area contributed by atoms with Crippen LogP contribution in [-0.2, 0) is 6.42 Å². The highest BCUT2D eigenvalue weighted by Gasteiger charge is 2.07. The molecule has 2 aromatic carbocycles. The van der Waals surface area contributed by atoms with Gasteiger partial charge in [-0.1, -0.05) is 31.2 Å². The molecule has 98 valence electrons. The van der Waals surface area contributed by atoms with Crippen LogP contribution in [0.5, 0.6) is 0 Å². The molecule has 0 aliphatic carbocycles. The number of carboxylic acids is 1. The molecule has 0 spiro atoms. The molecule has 0 atom stereocenters. The molecule has 0 aromatic heterocycles. The van der Waals surface area contributed by atoms with Gasteiger partial charge in [-0.15, -0.1) is 0 Å². The lowest BCUT2D eigenvalue weighted by molar-refractivity contribution is 0.0697. The van der Waals surface area contributed by atoms with Crippen LogP contribution in [0.15, 0.2) is 42.5 Å². The van der Waals surface area contributed by atoms with Crippen LogP contribution in [0.3, 0.4) is 0 Å². The predicted octanol–water partition coefficient (Wildman–Crippen LogP) is 4.00. The second-order valence-corrected chi connectivity index (χ2v) is 4.47. The number of hydrogen-bond acceptors (Lipinski definition) is 2. The molecule has 0 amide bonds. The largest absolute Gasteiger partial charge is 0.478 e. The Hall–Kier alpha value is -2.29. The minimum absolute atomic E-state index is 0.289. The lowest BCUT2D eigenvalue weighted by Gasteiger charge is -2.14. The van der Waals surface area contributed by atoms with Crippen LogP contribution in [-0.4, -0.2) is 11.1 Å². The predicted molar refractivity (Wildman–Crippen MR) is 77.2 cm³/mol. The second kappa shape index (κ2) is 5.57. The lowest BCUT2D eigenvalue weighted by Crippen LogP contribution is -2.00. The molecular formula is C16H17NO2. The maximum atomic E-state index is 11.0. The Balaban J connectivity index is 2.36. The quantitative estimate of drug-likeness (QED) is 0.868. The lowest BCUT2D eigenvalue weighted by atomic mass is 10.1. The number of aromatic carboxylic acids is 1. The third-order valence-electron chi connectivity index (χ3n) is 3.12. The third kappa shape index (κ3) is 2.94. The molecule has 0 bridgehead atoms. The fourth-order valence-electron chi connectivity index (χ4n) is 2.08. The first-order chi connectivity index (χ1) is 9.11. The van der Waals surface area contributed by atoms with Crippen molar-refractivity contribution in [1.29, 1.82) is 0 Å². The molecule has 2 N–H and O–H groups in total. The topological polar surface area (TPSA) is 49.3 Å². The minimum Gasteiger partial charge on any atom is -0.478 e. The summed E-state index contributed by atoms with van der Waals surface area (Å²) in [6.45, 7) is 4.15. The van der Waals surface area contributed by atoms with E-state index in [2.05, 4.69) is 18.3 Å². The smallest absolute Gasteiger partial charge is 0.335 e. The average Bonchev–Trinajstić information content (AvgIpc) is 2.41. The fraction of sp³-hybridized carbons (Fsp3) is 0.188. The van der Waals surface area contributed by atoms with Crippen molar-refractivity contribution >= 4 is 17.3 Å². The van der Waals surface area contributed by atoms with E-state index in [0.717, 1.165) is 23.4 Å². The standard InChI is InChI=1S/C16H17NO2/c1-3-12-7-4-6-11(2)15(12)17-14-9-5-8-13(10-14)16(18)19/h4-10,17H,3H2,1-2H3,(H,18,19). The average molecular weight is 255 g/mol. The zero-order valence-corrected chi connectivity index (χ0v) is 11.1. The van der Waals surface area contributed by atoms with Crippen LogP contribution in [0, 0.1) is 6.92 Å². The maximum absolute atomic E-state index is 11.0. The van der Waals surface area contributed by atoms with E-state index in [1.165, 1.54) is 5.56 Å². The fourth-order valence-corrected chi connectivity index (χ4v) is 2.08. The molecule has 0 saturated heterocycles. The summed E-state index contributed by atoms with van der Waals surface area (Å²) in [5.74, 6) is -0.913. The van der Waals surface area contributed by atoms with Gasteiger partial charge in [-0.25, -0.2) is 4.79 Å². The molecule has 2 rings (SSSR count). The van der Waals surface area contributed by atoms with Gasteiger partial charge in [-0.2, -0.15) is 0 Å². The van der Waals surface area contributed by atoms with Crippen molar-refractivity contribution in [3.63, 3.8) is 0 Å². The summed E-state index contributed by atoms with van der Waals surface area (Å²) < 4.78 is 0. The van der Waals surface area contributed by atoms with Gasteiger partial charge in [0.15, 0.2) is 0 Å². The van der Waals surface area contributed by atoms with Gasteiger partial charge in [0, 0.05) is 11.4 Å². The zero-order chi connectivity index (χ0) is 13.8. The first-order valence-corrected chi connectivity index (χ1v) is 6.30. The number of para-hydroxylation sites is 1. The number of nitrogens with one attached hydrogen (secondary N) is 1. The molecule has 0 fully saturated rings. The highest BCUT2D eigenvalue weighted by molar-refractivity contribution is 5.89. The molecule has 3 nitrogen and oxygen atoms in total. The van der Waals surface area contributed by atoms with Gasteiger partial charge in [0.05, 0.1) is 5.56 Å². The van der Waals surface area contributed by atoms with E-state index in [4.69, 9.17) is 5.11 Å². The summed E-state index contributed by atoms with van der Waals surface area (Å²) in [6.07, 6.45) is 0.933. The molecule has 2 aromatic rings. The Labute approximate surface area is 112 Å². The Morgan fingerprint density at radius 1 is 1.21 bits per heavy atom. The van der Waals surface area contributed by atoms with Crippen LogP contribution >= 0.6 is 0 Å². The van der Waals surface area contributed by atoms with Crippen molar-refractivity contribution in [2.45, 2.75) is 20.3 Å². The molecular weight excluding hydrogens is 238 g/mol. The Bertz CT molecular complexity index is 605. The Morgan fingerprint density at radius 2 is 1.95 bits per heavy atom. The van der Waals surface area contributed by atoms with Crippen molar-refractivity contribution in [2.24, 2.45) is 0 Å². The summed E-state index contributed by atoms with van der Waals surface area (Å²) in [5.41, 5.74) is 4.52. The van der Waals surface area contributed by atoms with Crippen LogP contribution in [0.25, 0.3) is 0 Å². The number of carboxylic acid groups (broad SMARTS) is 1. The van der Waals surface area contributed by atoms with E-state index in [1.54, 1.807) is 18.2 Å². The number of benzene rings is 2. The minimum atomic E-state index is -0.913. The molecule has 0 saturated carbocycles. The first-order valence-electron chi connectivity index (χ1n) is 6.30. The van der Waals surface area contributed by atoms with Crippen LogP contribution in [0.1, 0.15) is 28.4 Å². The summed E-state index contributed by atoms with van der Waals surface area (Å²) in [4.78, 5) is 11.0. The normalized spacial score (nSPS) is 10.2.